The molecule has 0 fully saturated rings. The highest BCUT2D eigenvalue weighted by molar-refractivity contribution is 6.31. The molecule has 0 aliphatic rings. The molecule has 0 aromatic heterocycles. The molecule has 162 valence electrons. The fourth-order valence-electron chi connectivity index (χ4n) is 3.63. The van der Waals surface area contributed by atoms with Crippen molar-refractivity contribution < 1.29 is 9.53 Å². The number of carbonyl (C=O) groups is 1. The Bertz CT molecular complexity index is 1220. The first-order valence-corrected chi connectivity index (χ1v) is 10.6. The Labute approximate surface area is 194 Å². The number of aryl methyl sites for hydroxylation is 2. The second kappa shape index (κ2) is 10.2. The number of nitrogens with one attached hydrogen (secondary N) is 1. The molecule has 3 aromatic rings. The van der Waals surface area contributed by atoms with E-state index in [1.165, 1.54) is 11.1 Å². The number of halogens is 1. The first kappa shape index (κ1) is 23.1. The van der Waals surface area contributed by atoms with E-state index < -0.39 is 5.91 Å². The molecule has 0 atom stereocenters. The van der Waals surface area contributed by atoms with Gasteiger partial charge in [-0.2, -0.15) is 5.26 Å². The molecule has 5 heteroatoms. The number of nitrogens with zero attached hydrogens (tertiary/aromatic N) is 1. The van der Waals surface area contributed by atoms with Crippen LogP contribution in [0.25, 0.3) is 6.08 Å². The van der Waals surface area contributed by atoms with Crippen LogP contribution >= 0.6 is 11.6 Å². The first-order valence-electron chi connectivity index (χ1n) is 10.2. The highest BCUT2D eigenvalue weighted by Gasteiger charge is 2.14. The van der Waals surface area contributed by atoms with Gasteiger partial charge in [-0.1, -0.05) is 53.1 Å². The van der Waals surface area contributed by atoms with E-state index in [9.17, 15) is 10.1 Å². The van der Waals surface area contributed by atoms with Gasteiger partial charge in [-0.05, 0) is 79.8 Å². The van der Waals surface area contributed by atoms with Crippen molar-refractivity contribution in [3.63, 3.8) is 0 Å². The number of anilines is 1. The number of benzene rings is 3. The lowest BCUT2D eigenvalue weighted by atomic mass is 9.96. The highest BCUT2D eigenvalue weighted by Crippen LogP contribution is 2.26. The summed E-state index contributed by atoms with van der Waals surface area (Å²) in [5, 5.41) is 13.0. The molecule has 32 heavy (non-hydrogen) atoms. The summed E-state index contributed by atoms with van der Waals surface area (Å²) in [5.41, 5.74) is 6.63. The van der Waals surface area contributed by atoms with Crippen molar-refractivity contribution >= 4 is 29.3 Å². The Morgan fingerprint density at radius 3 is 2.47 bits per heavy atom. The molecule has 0 unspecified atom stereocenters. The molecule has 0 saturated heterocycles. The lowest BCUT2D eigenvalue weighted by Crippen LogP contribution is -2.14. The van der Waals surface area contributed by atoms with Crippen molar-refractivity contribution in [2.75, 3.05) is 12.4 Å². The van der Waals surface area contributed by atoms with E-state index in [1.54, 1.807) is 31.4 Å². The van der Waals surface area contributed by atoms with Crippen molar-refractivity contribution in [1.82, 2.24) is 0 Å². The van der Waals surface area contributed by atoms with Crippen molar-refractivity contribution in [2.45, 2.75) is 27.2 Å². The molecule has 0 radical (unpaired) electrons. The van der Waals surface area contributed by atoms with Gasteiger partial charge < -0.3 is 10.1 Å². The molecule has 4 nitrogen and oxygen atoms in total. The third-order valence-corrected chi connectivity index (χ3v) is 5.62. The molecule has 3 rings (SSSR count). The average molecular weight is 445 g/mol. The zero-order valence-electron chi connectivity index (χ0n) is 18.6. The van der Waals surface area contributed by atoms with Crippen LogP contribution in [0.2, 0.25) is 5.02 Å². The third kappa shape index (κ3) is 5.57. The van der Waals surface area contributed by atoms with Crippen LogP contribution in [0.4, 0.5) is 5.69 Å². The molecule has 0 saturated carbocycles. The van der Waals surface area contributed by atoms with Gasteiger partial charge in [0.05, 0.1) is 7.11 Å². The van der Waals surface area contributed by atoms with E-state index in [0.717, 1.165) is 28.0 Å². The number of hydrogen-bond donors (Lipinski definition) is 1. The fraction of sp³-hybridized carbons (Fsp3) is 0.185. The largest absolute Gasteiger partial charge is 0.497 e. The van der Waals surface area contributed by atoms with Crippen LogP contribution in [0, 0.1) is 32.1 Å². The van der Waals surface area contributed by atoms with Crippen molar-refractivity contribution in [3.8, 4) is 11.8 Å². The summed E-state index contributed by atoms with van der Waals surface area (Å²) >= 11 is 6.15. The molecule has 1 amide bonds. The van der Waals surface area contributed by atoms with Crippen LogP contribution in [0.15, 0.2) is 60.2 Å². The van der Waals surface area contributed by atoms with E-state index in [1.807, 2.05) is 31.2 Å². The van der Waals surface area contributed by atoms with Crippen LogP contribution in [0.1, 0.15) is 33.4 Å². The predicted molar refractivity (Wildman–Crippen MR) is 130 cm³/mol. The average Bonchev–Trinajstić information content (AvgIpc) is 2.75. The summed E-state index contributed by atoms with van der Waals surface area (Å²) in [6.45, 7) is 5.96. The molecule has 3 aromatic carbocycles. The van der Waals surface area contributed by atoms with E-state index in [0.29, 0.717) is 17.1 Å². The maximum absolute atomic E-state index is 12.8. The van der Waals surface area contributed by atoms with Gasteiger partial charge in [-0.15, -0.1) is 0 Å². The molecular weight excluding hydrogens is 420 g/mol. The number of rotatable bonds is 6. The van der Waals surface area contributed by atoms with Crippen LogP contribution in [0.3, 0.4) is 0 Å². The lowest BCUT2D eigenvalue weighted by molar-refractivity contribution is -0.112. The van der Waals surface area contributed by atoms with Gasteiger partial charge in [0.2, 0.25) is 0 Å². The quantitative estimate of drug-likeness (QED) is 0.353. The Morgan fingerprint density at radius 2 is 1.81 bits per heavy atom. The standard InChI is InChI=1S/C27H25ClN2O2/c1-17-10-18(2)12-20(11-17)13-22-15-24(32-4)9-8-21(22)14-23(16-29)27(31)30-26-7-5-6-25(28)19(26)3/h5-12,14-15H,13H2,1-4H3,(H,30,31)/b23-14+. The van der Waals surface area contributed by atoms with Crippen LogP contribution in [0.5, 0.6) is 5.75 Å². The molecular formula is C27H25ClN2O2. The molecule has 0 aliphatic carbocycles. The maximum Gasteiger partial charge on any atom is 0.266 e. The number of ether oxygens (including phenoxy) is 1. The third-order valence-electron chi connectivity index (χ3n) is 5.21. The van der Waals surface area contributed by atoms with Crippen LogP contribution in [-0.2, 0) is 11.2 Å². The van der Waals surface area contributed by atoms with Crippen molar-refractivity contribution in [3.05, 3.63) is 98.6 Å². The SMILES string of the molecule is COc1ccc(/C=C(\C#N)C(=O)Nc2cccc(Cl)c2C)c(Cc2cc(C)cc(C)c2)c1. The zero-order chi connectivity index (χ0) is 23.3. The van der Waals surface area contributed by atoms with E-state index in [-0.39, 0.29) is 5.57 Å². The molecule has 0 aliphatic heterocycles. The number of amides is 1. The number of nitriles is 1. The molecule has 0 heterocycles. The first-order chi connectivity index (χ1) is 15.3. The minimum atomic E-state index is -0.481. The summed E-state index contributed by atoms with van der Waals surface area (Å²) < 4.78 is 5.40. The van der Waals surface area contributed by atoms with Gasteiger partial charge in [0, 0.05) is 10.7 Å². The Hall–Kier alpha value is -3.55. The smallest absolute Gasteiger partial charge is 0.266 e. The van der Waals surface area contributed by atoms with Gasteiger partial charge in [-0.3, -0.25) is 4.79 Å². The minimum absolute atomic E-state index is 0.0104. The van der Waals surface area contributed by atoms with Gasteiger partial charge >= 0.3 is 0 Å². The summed E-state index contributed by atoms with van der Waals surface area (Å²) in [5.74, 6) is 0.241. The lowest BCUT2D eigenvalue weighted by Gasteiger charge is -2.12. The van der Waals surface area contributed by atoms with Crippen LogP contribution in [-0.4, -0.2) is 13.0 Å². The van der Waals surface area contributed by atoms with E-state index >= 15 is 0 Å². The van der Waals surface area contributed by atoms with Gasteiger partial charge in [0.15, 0.2) is 0 Å². The summed E-state index contributed by atoms with van der Waals surface area (Å²) in [6.07, 6.45) is 2.27. The summed E-state index contributed by atoms with van der Waals surface area (Å²) in [7, 11) is 1.62. The zero-order valence-corrected chi connectivity index (χ0v) is 19.4. The topological polar surface area (TPSA) is 62.1 Å². The second-order valence-electron chi connectivity index (χ2n) is 7.77. The minimum Gasteiger partial charge on any atom is -0.497 e. The van der Waals surface area contributed by atoms with E-state index in [2.05, 4.69) is 37.4 Å². The van der Waals surface area contributed by atoms with Crippen molar-refractivity contribution in [1.29, 1.82) is 5.26 Å². The second-order valence-corrected chi connectivity index (χ2v) is 8.18. The van der Waals surface area contributed by atoms with Crippen LogP contribution < -0.4 is 10.1 Å². The van der Waals surface area contributed by atoms with Gasteiger partial charge in [-0.25, -0.2) is 0 Å². The Balaban J connectivity index is 1.96. The predicted octanol–water partition coefficient (Wildman–Crippen LogP) is 6.41. The van der Waals surface area contributed by atoms with Crippen molar-refractivity contribution in [2.24, 2.45) is 0 Å². The monoisotopic (exact) mass is 444 g/mol. The normalized spacial score (nSPS) is 11.1. The van der Waals surface area contributed by atoms with Gasteiger partial charge in [0.1, 0.15) is 17.4 Å². The number of carbonyl (C=O) groups excluding carboxylic acids is 1. The summed E-state index contributed by atoms with van der Waals surface area (Å²) in [6, 6.07) is 19.3. The molecule has 0 spiro atoms. The van der Waals surface area contributed by atoms with Gasteiger partial charge in [0.25, 0.3) is 5.91 Å². The van der Waals surface area contributed by atoms with E-state index in [4.69, 9.17) is 16.3 Å². The Morgan fingerprint density at radius 1 is 1.09 bits per heavy atom. The molecule has 1 N–H and O–H groups in total. The number of methoxy groups -OCH3 is 1. The fourth-order valence-corrected chi connectivity index (χ4v) is 3.81. The maximum atomic E-state index is 12.8. The summed E-state index contributed by atoms with van der Waals surface area (Å²) in [4.78, 5) is 12.8. The molecule has 0 bridgehead atoms. The number of hydrogen-bond acceptors (Lipinski definition) is 3. The Kier molecular flexibility index (Phi) is 7.35. The highest BCUT2D eigenvalue weighted by atomic mass is 35.5.